The molecule has 0 aromatic rings. The van der Waals surface area contributed by atoms with E-state index in [0.29, 0.717) is 11.8 Å². The van der Waals surface area contributed by atoms with E-state index < -0.39 is 5.67 Å². The summed E-state index contributed by atoms with van der Waals surface area (Å²) in [7, 11) is 0. The van der Waals surface area contributed by atoms with E-state index in [4.69, 9.17) is 0 Å². The fourth-order valence-corrected chi connectivity index (χ4v) is 4.75. The molecular weight excluding hydrogens is 237 g/mol. The zero-order valence-electron chi connectivity index (χ0n) is 13.1. The van der Waals surface area contributed by atoms with E-state index in [2.05, 4.69) is 26.1 Å². The van der Waals surface area contributed by atoms with Crippen molar-refractivity contribution in [2.45, 2.75) is 89.8 Å². The molecule has 112 valence electrons. The van der Waals surface area contributed by atoms with Crippen LogP contribution in [0.15, 0.2) is 0 Å². The summed E-state index contributed by atoms with van der Waals surface area (Å²) in [5.41, 5.74) is -0.792. The van der Waals surface area contributed by atoms with Gasteiger partial charge < -0.3 is 5.32 Å². The second-order valence-corrected chi connectivity index (χ2v) is 7.41. The molecule has 4 unspecified atom stereocenters. The molecule has 4 atom stereocenters. The molecule has 0 aromatic heterocycles. The lowest BCUT2D eigenvalue weighted by Gasteiger charge is -2.52. The van der Waals surface area contributed by atoms with Gasteiger partial charge >= 0.3 is 0 Å². The Hall–Kier alpha value is -0.110. The second-order valence-electron chi connectivity index (χ2n) is 7.41. The normalized spacial score (nSPS) is 42.3. The summed E-state index contributed by atoms with van der Waals surface area (Å²) in [5.74, 6) is 1.19. The van der Waals surface area contributed by atoms with Crippen molar-refractivity contribution >= 4 is 0 Å². The Bertz CT molecular complexity index is 289. The molecule has 2 bridgehead atoms. The van der Waals surface area contributed by atoms with Crippen LogP contribution in [0.25, 0.3) is 0 Å². The number of hydrogen-bond acceptors (Lipinski definition) is 1. The molecule has 0 spiro atoms. The summed E-state index contributed by atoms with van der Waals surface area (Å²) in [5, 5.41) is 3.75. The molecule has 0 radical (unpaired) electrons. The average Bonchev–Trinajstić information content (AvgIpc) is 2.32. The minimum absolute atomic E-state index is 0.0888. The van der Waals surface area contributed by atoms with Gasteiger partial charge in [-0.3, -0.25) is 0 Å². The number of halogens is 1. The van der Waals surface area contributed by atoms with Crippen LogP contribution in [-0.4, -0.2) is 17.8 Å². The van der Waals surface area contributed by atoms with Crippen molar-refractivity contribution in [1.82, 2.24) is 5.32 Å². The topological polar surface area (TPSA) is 12.0 Å². The van der Waals surface area contributed by atoms with Gasteiger partial charge in [-0.05, 0) is 63.3 Å². The van der Waals surface area contributed by atoms with E-state index in [0.717, 1.165) is 32.2 Å². The summed E-state index contributed by atoms with van der Waals surface area (Å²) in [6.45, 7) is 7.77. The van der Waals surface area contributed by atoms with Gasteiger partial charge in [-0.1, -0.05) is 33.6 Å². The molecule has 19 heavy (non-hydrogen) atoms. The van der Waals surface area contributed by atoms with Crippen molar-refractivity contribution < 1.29 is 4.39 Å². The average molecular weight is 269 g/mol. The van der Waals surface area contributed by atoms with Crippen LogP contribution in [0.5, 0.6) is 0 Å². The molecule has 0 heterocycles. The Morgan fingerprint density at radius 1 is 1.16 bits per heavy atom. The van der Waals surface area contributed by atoms with Gasteiger partial charge in [0.1, 0.15) is 5.67 Å². The lowest BCUT2D eigenvalue weighted by molar-refractivity contribution is -0.0401. The third-order valence-corrected chi connectivity index (χ3v) is 5.40. The summed E-state index contributed by atoms with van der Waals surface area (Å²) >= 11 is 0. The Morgan fingerprint density at radius 2 is 1.95 bits per heavy atom. The van der Waals surface area contributed by atoms with Crippen molar-refractivity contribution in [1.29, 1.82) is 0 Å². The highest BCUT2D eigenvalue weighted by molar-refractivity contribution is 5.05. The van der Waals surface area contributed by atoms with Crippen LogP contribution in [-0.2, 0) is 0 Å². The molecular formula is C17H32FN. The number of alkyl halides is 1. The molecule has 0 aliphatic heterocycles. The van der Waals surface area contributed by atoms with E-state index in [9.17, 15) is 0 Å². The predicted molar refractivity (Wildman–Crippen MR) is 80.1 cm³/mol. The molecule has 2 rings (SSSR count). The maximum Gasteiger partial charge on any atom is 0.113 e. The van der Waals surface area contributed by atoms with Crippen LogP contribution < -0.4 is 5.32 Å². The summed E-state index contributed by atoms with van der Waals surface area (Å²) in [6, 6.07) is 0. The molecule has 2 heteroatoms. The number of hydrogen-bond donors (Lipinski definition) is 1. The molecule has 2 aliphatic carbocycles. The van der Waals surface area contributed by atoms with Gasteiger partial charge in [-0.15, -0.1) is 0 Å². The first-order valence-electron chi connectivity index (χ1n) is 8.45. The predicted octanol–water partition coefficient (Wildman–Crippen LogP) is 4.85. The fraction of sp³-hybridized carbons (Fsp3) is 1.00. The SMILES string of the molecule is CCCCCNC1(CC)CC2CC(C)CC(F)(C2)C1. The van der Waals surface area contributed by atoms with Crippen molar-refractivity contribution in [2.24, 2.45) is 11.8 Å². The van der Waals surface area contributed by atoms with Crippen LogP contribution in [0.1, 0.15) is 78.6 Å². The fourth-order valence-electron chi connectivity index (χ4n) is 4.75. The monoisotopic (exact) mass is 269 g/mol. The lowest BCUT2D eigenvalue weighted by Crippen LogP contribution is -2.57. The van der Waals surface area contributed by atoms with Crippen molar-refractivity contribution in [3.8, 4) is 0 Å². The van der Waals surface area contributed by atoms with E-state index in [1.807, 2.05) is 0 Å². The minimum Gasteiger partial charge on any atom is -0.311 e. The molecule has 2 saturated carbocycles. The van der Waals surface area contributed by atoms with Gasteiger partial charge in [-0.25, -0.2) is 4.39 Å². The molecule has 2 aliphatic rings. The van der Waals surface area contributed by atoms with Gasteiger partial charge in [0, 0.05) is 5.54 Å². The number of unbranched alkanes of at least 4 members (excludes halogenated alkanes) is 2. The Labute approximate surface area is 118 Å². The van der Waals surface area contributed by atoms with Gasteiger partial charge in [0.2, 0.25) is 0 Å². The van der Waals surface area contributed by atoms with Crippen molar-refractivity contribution in [3.63, 3.8) is 0 Å². The van der Waals surface area contributed by atoms with Crippen LogP contribution in [0, 0.1) is 11.8 Å². The standard InChI is InChI=1S/C17H32FN/c1-4-6-7-8-19-17(5-2)12-15-9-14(3)10-16(18,11-15)13-17/h14-15,19H,4-13H2,1-3H3. The van der Waals surface area contributed by atoms with E-state index >= 15 is 4.39 Å². The zero-order valence-corrected chi connectivity index (χ0v) is 13.1. The van der Waals surface area contributed by atoms with Gasteiger partial charge in [-0.2, -0.15) is 0 Å². The summed E-state index contributed by atoms with van der Waals surface area (Å²) in [6.07, 6.45) is 9.67. The van der Waals surface area contributed by atoms with E-state index in [-0.39, 0.29) is 5.54 Å². The van der Waals surface area contributed by atoms with Gasteiger partial charge in [0.15, 0.2) is 0 Å². The first kappa shape index (κ1) is 15.3. The number of nitrogens with one attached hydrogen (secondary N) is 1. The smallest absolute Gasteiger partial charge is 0.113 e. The summed E-state index contributed by atoms with van der Waals surface area (Å²) in [4.78, 5) is 0. The van der Waals surface area contributed by atoms with E-state index in [1.54, 1.807) is 0 Å². The molecule has 2 fully saturated rings. The molecule has 0 saturated heterocycles. The summed E-state index contributed by atoms with van der Waals surface area (Å²) < 4.78 is 15.1. The Kier molecular flexibility index (Phi) is 4.92. The van der Waals surface area contributed by atoms with Crippen LogP contribution in [0.4, 0.5) is 4.39 Å². The second kappa shape index (κ2) is 6.11. The molecule has 0 amide bonds. The maximum absolute atomic E-state index is 15.1. The third kappa shape index (κ3) is 3.71. The molecule has 1 nitrogen and oxygen atoms in total. The van der Waals surface area contributed by atoms with Crippen molar-refractivity contribution in [3.05, 3.63) is 0 Å². The Morgan fingerprint density at radius 3 is 2.58 bits per heavy atom. The van der Waals surface area contributed by atoms with Gasteiger partial charge in [0.25, 0.3) is 0 Å². The highest BCUT2D eigenvalue weighted by Crippen LogP contribution is 2.51. The highest BCUT2D eigenvalue weighted by atomic mass is 19.1. The lowest BCUT2D eigenvalue weighted by atomic mass is 9.60. The first-order chi connectivity index (χ1) is 9.01. The Balaban J connectivity index is 1.97. The quantitative estimate of drug-likeness (QED) is 0.679. The van der Waals surface area contributed by atoms with Crippen LogP contribution in [0.2, 0.25) is 0 Å². The minimum atomic E-state index is -0.881. The van der Waals surface area contributed by atoms with Gasteiger partial charge in [0.05, 0.1) is 0 Å². The zero-order chi connectivity index (χ0) is 13.9. The highest BCUT2D eigenvalue weighted by Gasteiger charge is 2.51. The number of fused-ring (bicyclic) bond motifs is 2. The maximum atomic E-state index is 15.1. The number of rotatable bonds is 6. The first-order valence-corrected chi connectivity index (χ1v) is 8.45. The largest absolute Gasteiger partial charge is 0.311 e. The van der Waals surface area contributed by atoms with Crippen LogP contribution in [0.3, 0.4) is 0 Å². The van der Waals surface area contributed by atoms with Crippen LogP contribution >= 0.6 is 0 Å². The third-order valence-electron chi connectivity index (χ3n) is 5.40. The molecule has 1 N–H and O–H groups in total. The molecule has 0 aromatic carbocycles. The van der Waals surface area contributed by atoms with Crippen molar-refractivity contribution in [2.75, 3.05) is 6.54 Å². The van der Waals surface area contributed by atoms with E-state index in [1.165, 1.54) is 32.1 Å².